The zero-order valence-electron chi connectivity index (χ0n) is 18.2. The predicted molar refractivity (Wildman–Crippen MR) is 111 cm³/mol. The predicted octanol–water partition coefficient (Wildman–Crippen LogP) is 2.98. The van der Waals surface area contributed by atoms with E-state index in [2.05, 4.69) is 31.2 Å². The Kier molecular flexibility index (Phi) is 8.74. The van der Waals surface area contributed by atoms with E-state index in [9.17, 15) is 18.0 Å². The number of carbonyl (C=O) groups excluding carboxylic acids is 1. The van der Waals surface area contributed by atoms with Gasteiger partial charge in [0, 0.05) is 32.9 Å². The highest BCUT2D eigenvalue weighted by Gasteiger charge is 2.34. The van der Waals surface area contributed by atoms with Gasteiger partial charge in [0.25, 0.3) is 0 Å². The van der Waals surface area contributed by atoms with Crippen molar-refractivity contribution in [1.82, 2.24) is 20.9 Å². The molecule has 0 saturated carbocycles. The van der Waals surface area contributed by atoms with Crippen molar-refractivity contribution in [3.63, 3.8) is 0 Å². The van der Waals surface area contributed by atoms with Crippen LogP contribution in [-0.2, 0) is 10.9 Å². The molecule has 0 fully saturated rings. The topological polar surface area (TPSA) is 99.7 Å². The third-order valence-electron chi connectivity index (χ3n) is 3.58. The van der Waals surface area contributed by atoms with Crippen LogP contribution in [0.2, 0.25) is 0 Å². The summed E-state index contributed by atoms with van der Waals surface area (Å²) in [6.45, 7) is 9.81. The summed E-state index contributed by atoms with van der Waals surface area (Å²) in [5.41, 5.74) is -2.05. The molecule has 1 rings (SSSR count). The molecular weight excluding hydrogens is 401 g/mol. The summed E-state index contributed by atoms with van der Waals surface area (Å²) < 4.78 is 44.2. The maximum absolute atomic E-state index is 13.0. The molecule has 0 aromatic carbocycles. The molecule has 0 saturated heterocycles. The van der Waals surface area contributed by atoms with Crippen molar-refractivity contribution >= 4 is 17.9 Å². The first-order valence-corrected chi connectivity index (χ1v) is 9.45. The molecule has 0 spiro atoms. The largest absolute Gasteiger partial charge is 0.444 e. The van der Waals surface area contributed by atoms with E-state index in [0.29, 0.717) is 19.0 Å². The lowest BCUT2D eigenvalue weighted by Gasteiger charge is -2.29. The summed E-state index contributed by atoms with van der Waals surface area (Å²) in [5, 5.41) is 11.5. The molecule has 1 aromatic rings. The van der Waals surface area contributed by atoms with Gasteiger partial charge >= 0.3 is 12.3 Å². The van der Waals surface area contributed by atoms with Gasteiger partial charge in [-0.15, -0.1) is 0 Å². The van der Waals surface area contributed by atoms with Gasteiger partial charge in [0.05, 0.1) is 11.1 Å². The Balaban J connectivity index is 2.47. The first-order chi connectivity index (χ1) is 13.7. The molecule has 170 valence electrons. The van der Waals surface area contributed by atoms with Crippen LogP contribution < -0.4 is 21.3 Å². The molecule has 1 amide bonds. The minimum absolute atomic E-state index is 0.195. The third kappa shape index (κ3) is 9.66. The normalized spacial score (nSPS) is 12.9. The molecule has 0 unspecified atom stereocenters. The quantitative estimate of drug-likeness (QED) is 0.300. The molecular formula is C19H31F3N6O2. The maximum Gasteiger partial charge on any atom is 0.419 e. The Morgan fingerprint density at radius 3 is 2.37 bits per heavy atom. The van der Waals surface area contributed by atoms with Gasteiger partial charge in [0.1, 0.15) is 11.4 Å². The number of anilines is 1. The lowest BCUT2D eigenvalue weighted by molar-refractivity contribution is -0.137. The number of halogens is 3. The van der Waals surface area contributed by atoms with Crippen molar-refractivity contribution in [2.24, 2.45) is 4.99 Å². The van der Waals surface area contributed by atoms with E-state index < -0.39 is 29.0 Å². The molecule has 0 radical (unpaired) electrons. The molecule has 0 aliphatic heterocycles. The molecule has 11 heteroatoms. The van der Waals surface area contributed by atoms with Gasteiger partial charge in [-0.1, -0.05) is 0 Å². The van der Waals surface area contributed by atoms with E-state index in [1.165, 1.54) is 12.3 Å². The molecule has 0 aliphatic carbocycles. The van der Waals surface area contributed by atoms with Gasteiger partial charge in [-0.25, -0.2) is 9.78 Å². The van der Waals surface area contributed by atoms with E-state index in [0.717, 1.165) is 6.07 Å². The SMILES string of the molecule is CN=C(NCCNc1ncccc1C(F)(F)F)NCC(C)(C)NC(=O)OC(C)(C)C. The number of hydrogen-bond donors (Lipinski definition) is 4. The first kappa shape index (κ1) is 25.3. The van der Waals surface area contributed by atoms with Crippen LogP contribution in [0.4, 0.5) is 23.8 Å². The number of ether oxygens (including phenoxy) is 1. The van der Waals surface area contributed by atoms with E-state index in [-0.39, 0.29) is 12.4 Å². The van der Waals surface area contributed by atoms with Crippen molar-refractivity contribution in [2.45, 2.75) is 51.9 Å². The third-order valence-corrected chi connectivity index (χ3v) is 3.58. The fourth-order valence-electron chi connectivity index (χ4n) is 2.29. The van der Waals surface area contributed by atoms with Gasteiger partial charge in [-0.3, -0.25) is 4.99 Å². The lowest BCUT2D eigenvalue weighted by Crippen LogP contribution is -2.54. The number of amides is 1. The minimum atomic E-state index is -4.48. The second kappa shape index (κ2) is 10.4. The molecule has 30 heavy (non-hydrogen) atoms. The van der Waals surface area contributed by atoms with Gasteiger partial charge in [0.15, 0.2) is 5.96 Å². The minimum Gasteiger partial charge on any atom is -0.444 e. The molecule has 0 aliphatic rings. The average molecular weight is 432 g/mol. The van der Waals surface area contributed by atoms with Crippen LogP contribution in [0.3, 0.4) is 0 Å². The van der Waals surface area contributed by atoms with Gasteiger partial charge in [0.2, 0.25) is 0 Å². The van der Waals surface area contributed by atoms with Crippen LogP contribution in [0.5, 0.6) is 0 Å². The van der Waals surface area contributed by atoms with Crippen molar-refractivity contribution < 1.29 is 22.7 Å². The number of nitrogens with zero attached hydrogens (tertiary/aromatic N) is 2. The average Bonchev–Trinajstić information content (AvgIpc) is 2.58. The Labute approximate surface area is 175 Å². The molecule has 1 heterocycles. The number of nitrogens with one attached hydrogen (secondary N) is 4. The standard InChI is InChI=1S/C19H31F3N6O2/c1-17(2,3)30-16(29)28-18(4,5)12-27-15(23-6)26-11-10-25-14-13(19(20,21)22)8-7-9-24-14/h7-9H,10-12H2,1-6H3,(H,24,25)(H,28,29)(H2,23,26,27). The van der Waals surface area contributed by atoms with Crippen LogP contribution in [0.15, 0.2) is 23.3 Å². The second-order valence-corrected chi connectivity index (χ2v) is 8.19. The van der Waals surface area contributed by atoms with Crippen LogP contribution in [0.1, 0.15) is 40.2 Å². The monoisotopic (exact) mass is 432 g/mol. The van der Waals surface area contributed by atoms with Crippen molar-refractivity contribution in [1.29, 1.82) is 0 Å². The highest BCUT2D eigenvalue weighted by Crippen LogP contribution is 2.33. The van der Waals surface area contributed by atoms with Crippen LogP contribution in [0.25, 0.3) is 0 Å². The van der Waals surface area contributed by atoms with E-state index in [1.807, 2.05) is 13.8 Å². The Bertz CT molecular complexity index is 730. The fraction of sp³-hybridized carbons (Fsp3) is 0.632. The Hall–Kier alpha value is -2.72. The summed E-state index contributed by atoms with van der Waals surface area (Å²) >= 11 is 0. The zero-order chi connectivity index (χ0) is 23.0. The van der Waals surface area contributed by atoms with Crippen molar-refractivity contribution in [3.05, 3.63) is 23.9 Å². The van der Waals surface area contributed by atoms with E-state index >= 15 is 0 Å². The zero-order valence-corrected chi connectivity index (χ0v) is 18.2. The molecule has 8 nitrogen and oxygen atoms in total. The van der Waals surface area contributed by atoms with Gasteiger partial charge in [-0.2, -0.15) is 13.2 Å². The Morgan fingerprint density at radius 2 is 1.80 bits per heavy atom. The fourth-order valence-corrected chi connectivity index (χ4v) is 2.29. The number of alkyl carbamates (subject to hydrolysis) is 1. The van der Waals surface area contributed by atoms with Crippen molar-refractivity contribution in [2.75, 3.05) is 32.0 Å². The summed E-state index contributed by atoms with van der Waals surface area (Å²) in [6.07, 6.45) is -3.71. The van der Waals surface area contributed by atoms with Crippen LogP contribution >= 0.6 is 0 Å². The number of alkyl halides is 3. The lowest BCUT2D eigenvalue weighted by atomic mass is 10.1. The van der Waals surface area contributed by atoms with E-state index in [4.69, 9.17) is 4.74 Å². The highest BCUT2D eigenvalue weighted by atomic mass is 19.4. The summed E-state index contributed by atoms with van der Waals surface area (Å²) in [4.78, 5) is 19.7. The van der Waals surface area contributed by atoms with Gasteiger partial charge < -0.3 is 26.0 Å². The Morgan fingerprint density at radius 1 is 1.13 bits per heavy atom. The smallest absolute Gasteiger partial charge is 0.419 e. The summed E-state index contributed by atoms with van der Waals surface area (Å²) in [6, 6.07) is 2.22. The molecule has 1 aromatic heterocycles. The highest BCUT2D eigenvalue weighted by molar-refractivity contribution is 5.79. The first-order valence-electron chi connectivity index (χ1n) is 9.45. The number of aliphatic imine (C=N–C) groups is 1. The summed E-state index contributed by atoms with van der Waals surface area (Å²) in [7, 11) is 1.57. The van der Waals surface area contributed by atoms with Crippen molar-refractivity contribution in [3.8, 4) is 0 Å². The molecule has 0 bridgehead atoms. The van der Waals surface area contributed by atoms with E-state index in [1.54, 1.807) is 27.8 Å². The number of rotatable bonds is 7. The number of guanidine groups is 1. The number of hydrogen-bond acceptors (Lipinski definition) is 5. The summed E-state index contributed by atoms with van der Waals surface area (Å²) in [5.74, 6) is 0.213. The van der Waals surface area contributed by atoms with Gasteiger partial charge in [-0.05, 0) is 46.8 Å². The molecule has 0 atom stereocenters. The number of carbonyl (C=O) groups is 1. The molecule has 4 N–H and O–H groups in total. The second-order valence-electron chi connectivity index (χ2n) is 8.19. The van der Waals surface area contributed by atoms with Crippen LogP contribution in [-0.4, -0.2) is 54.9 Å². The number of aromatic nitrogens is 1. The number of pyridine rings is 1. The van der Waals surface area contributed by atoms with Crippen LogP contribution in [0, 0.1) is 0 Å². The maximum atomic E-state index is 13.0.